The zero-order valence-corrected chi connectivity index (χ0v) is 22.4. The number of carbonyl (C=O) groups is 1. The van der Waals surface area contributed by atoms with Gasteiger partial charge in [-0.25, -0.2) is 9.11 Å². The Morgan fingerprint density at radius 3 is 2.41 bits per heavy atom. The maximum absolute atomic E-state index is 15.2. The van der Waals surface area contributed by atoms with E-state index < -0.39 is 27.4 Å². The van der Waals surface area contributed by atoms with E-state index in [1.54, 1.807) is 6.07 Å². The second-order valence-corrected chi connectivity index (χ2v) is 12.8. The molecule has 1 aromatic carbocycles. The Bertz CT molecular complexity index is 1490. The van der Waals surface area contributed by atoms with E-state index in [9.17, 15) is 18.0 Å². The highest BCUT2D eigenvalue weighted by molar-refractivity contribution is 7.91. The molecule has 37 heavy (non-hydrogen) atoms. The SMILES string of the molecule is O=C(NS(=O)(=O)Nc1cn(C2CCCC2)c2cc(NC3CCCCC3)c(F)cc2c1=O)c1ccc(Cl)s1. The predicted octanol–water partition coefficient (Wildman–Crippen LogP) is 5.80. The van der Waals surface area contributed by atoms with Crippen LogP contribution in [0.25, 0.3) is 10.9 Å². The lowest BCUT2D eigenvalue weighted by atomic mass is 9.95. The van der Waals surface area contributed by atoms with Crippen molar-refractivity contribution in [1.29, 1.82) is 0 Å². The molecule has 2 aliphatic carbocycles. The molecule has 0 radical (unpaired) electrons. The van der Waals surface area contributed by atoms with E-state index in [4.69, 9.17) is 11.6 Å². The summed E-state index contributed by atoms with van der Waals surface area (Å²) in [6.45, 7) is 0. The summed E-state index contributed by atoms with van der Waals surface area (Å²) < 4.78 is 47.0. The molecule has 0 bridgehead atoms. The molecule has 2 saturated carbocycles. The predicted molar refractivity (Wildman–Crippen MR) is 146 cm³/mol. The number of pyridine rings is 1. The number of nitrogens with zero attached hydrogens (tertiary/aromatic N) is 1. The number of halogens is 2. The monoisotopic (exact) mass is 566 g/mol. The Labute approximate surface area is 223 Å². The number of rotatable bonds is 7. The van der Waals surface area contributed by atoms with Crippen molar-refractivity contribution in [2.24, 2.45) is 0 Å². The van der Waals surface area contributed by atoms with Crippen LogP contribution in [-0.2, 0) is 10.2 Å². The molecule has 5 rings (SSSR count). The van der Waals surface area contributed by atoms with E-state index >= 15 is 4.39 Å². The molecule has 0 saturated heterocycles. The van der Waals surface area contributed by atoms with Crippen molar-refractivity contribution in [2.45, 2.75) is 69.9 Å². The number of thiophene rings is 1. The average Bonchev–Trinajstić information content (AvgIpc) is 3.54. The summed E-state index contributed by atoms with van der Waals surface area (Å²) in [6, 6.07) is 5.96. The Morgan fingerprint density at radius 1 is 1.03 bits per heavy atom. The third-order valence-electron chi connectivity index (χ3n) is 7.07. The van der Waals surface area contributed by atoms with Crippen LogP contribution in [0, 0.1) is 5.82 Å². The number of hydrogen-bond donors (Lipinski definition) is 3. The first-order chi connectivity index (χ1) is 17.7. The minimum absolute atomic E-state index is 0.0437. The van der Waals surface area contributed by atoms with E-state index in [-0.39, 0.29) is 28.0 Å². The molecule has 198 valence electrons. The second-order valence-electron chi connectivity index (χ2n) is 9.69. The maximum atomic E-state index is 15.2. The van der Waals surface area contributed by atoms with Crippen molar-refractivity contribution in [3.63, 3.8) is 0 Å². The van der Waals surface area contributed by atoms with Gasteiger partial charge < -0.3 is 9.88 Å². The second kappa shape index (κ2) is 10.6. The van der Waals surface area contributed by atoms with Crippen molar-refractivity contribution >= 4 is 61.3 Å². The number of amides is 1. The average molecular weight is 567 g/mol. The van der Waals surface area contributed by atoms with Gasteiger partial charge in [-0.2, -0.15) is 8.42 Å². The number of hydrogen-bond acceptors (Lipinski definition) is 6. The minimum Gasteiger partial charge on any atom is -0.380 e. The molecule has 3 aromatic rings. The Hall–Kier alpha value is -2.63. The summed E-state index contributed by atoms with van der Waals surface area (Å²) in [4.78, 5) is 25.8. The topological polar surface area (TPSA) is 109 Å². The third-order valence-corrected chi connectivity index (χ3v) is 9.24. The Kier molecular flexibility index (Phi) is 7.46. The maximum Gasteiger partial charge on any atom is 0.324 e. The van der Waals surface area contributed by atoms with Crippen LogP contribution in [0.3, 0.4) is 0 Å². The first-order valence-electron chi connectivity index (χ1n) is 12.5. The number of aromatic nitrogens is 1. The lowest BCUT2D eigenvalue weighted by Crippen LogP contribution is -2.36. The highest BCUT2D eigenvalue weighted by atomic mass is 35.5. The molecule has 2 fully saturated rings. The summed E-state index contributed by atoms with van der Waals surface area (Å²) in [5.41, 5.74) is -0.0155. The number of benzene rings is 1. The number of fused-ring (bicyclic) bond motifs is 1. The fraction of sp³-hybridized carbons (Fsp3) is 0.440. The van der Waals surface area contributed by atoms with E-state index in [2.05, 4.69) is 10.0 Å². The van der Waals surface area contributed by atoms with Crippen molar-refractivity contribution in [3.05, 3.63) is 55.7 Å². The van der Waals surface area contributed by atoms with Gasteiger partial charge in [-0.1, -0.05) is 43.7 Å². The molecule has 12 heteroatoms. The summed E-state index contributed by atoms with van der Waals surface area (Å²) in [5, 5.41) is 3.39. The van der Waals surface area contributed by atoms with Crippen LogP contribution >= 0.6 is 22.9 Å². The first kappa shape index (κ1) is 26.0. The quantitative estimate of drug-likeness (QED) is 0.335. The van der Waals surface area contributed by atoms with Crippen LogP contribution in [0.15, 0.2) is 35.3 Å². The molecule has 2 heterocycles. The van der Waals surface area contributed by atoms with Crippen LogP contribution < -0.4 is 20.2 Å². The van der Waals surface area contributed by atoms with Gasteiger partial charge in [0.1, 0.15) is 11.5 Å². The largest absolute Gasteiger partial charge is 0.380 e. The summed E-state index contributed by atoms with van der Waals surface area (Å²) >= 11 is 6.76. The van der Waals surface area contributed by atoms with Gasteiger partial charge in [0, 0.05) is 18.3 Å². The molecule has 0 aliphatic heterocycles. The molecule has 1 amide bonds. The molecule has 0 unspecified atom stereocenters. The number of carbonyl (C=O) groups excluding carboxylic acids is 1. The van der Waals surface area contributed by atoms with Crippen molar-refractivity contribution in [1.82, 2.24) is 9.29 Å². The summed E-state index contributed by atoms with van der Waals surface area (Å²) in [6.07, 6.45) is 10.5. The van der Waals surface area contributed by atoms with Crippen molar-refractivity contribution in [2.75, 3.05) is 10.0 Å². The van der Waals surface area contributed by atoms with Crippen LogP contribution in [0.4, 0.5) is 15.8 Å². The summed E-state index contributed by atoms with van der Waals surface area (Å²) in [5.74, 6) is -1.43. The van der Waals surface area contributed by atoms with Crippen LogP contribution in [0.5, 0.6) is 0 Å². The van der Waals surface area contributed by atoms with Gasteiger partial charge in [-0.3, -0.25) is 14.3 Å². The lowest BCUT2D eigenvalue weighted by molar-refractivity contribution is 0.0985. The Morgan fingerprint density at radius 2 is 1.73 bits per heavy atom. The number of nitrogens with one attached hydrogen (secondary N) is 3. The smallest absolute Gasteiger partial charge is 0.324 e. The lowest BCUT2D eigenvalue weighted by Gasteiger charge is -2.25. The van der Waals surface area contributed by atoms with E-state index in [1.807, 2.05) is 9.29 Å². The van der Waals surface area contributed by atoms with Gasteiger partial charge in [-0.05, 0) is 49.9 Å². The van der Waals surface area contributed by atoms with Crippen LogP contribution in [0.2, 0.25) is 4.34 Å². The van der Waals surface area contributed by atoms with Gasteiger partial charge in [0.05, 0.1) is 25.8 Å². The highest BCUT2D eigenvalue weighted by Crippen LogP contribution is 2.34. The third kappa shape index (κ3) is 5.78. The molecular formula is C25H28ClFN4O4S2. The van der Waals surface area contributed by atoms with Crippen LogP contribution in [-0.4, -0.2) is 24.9 Å². The van der Waals surface area contributed by atoms with Gasteiger partial charge in [-0.15, -0.1) is 11.3 Å². The summed E-state index contributed by atoms with van der Waals surface area (Å²) in [7, 11) is -4.45. The molecule has 3 N–H and O–H groups in total. The molecule has 2 aliphatic rings. The van der Waals surface area contributed by atoms with Crippen molar-refractivity contribution in [3.8, 4) is 0 Å². The molecular weight excluding hydrogens is 539 g/mol. The highest BCUT2D eigenvalue weighted by Gasteiger charge is 2.25. The standard InChI is InChI=1S/C25H28ClFN4O4S2/c26-23-11-10-22(36-23)25(33)30-37(34,35)29-20-14-31(16-8-4-5-9-16)21-13-19(18(27)12-17(21)24(20)32)28-15-6-2-1-3-7-15/h10-16,28-29H,1-9H2,(H,30,33). The molecule has 0 atom stereocenters. The Balaban J connectivity index is 1.51. The minimum atomic E-state index is -4.45. The van der Waals surface area contributed by atoms with Crippen LogP contribution in [0.1, 0.15) is 73.5 Å². The fourth-order valence-corrected chi connectivity index (χ4v) is 7.13. The fourth-order valence-electron chi connectivity index (χ4n) is 5.28. The van der Waals surface area contributed by atoms with Gasteiger partial charge in [0.15, 0.2) is 0 Å². The van der Waals surface area contributed by atoms with E-state index in [0.29, 0.717) is 15.5 Å². The zero-order chi connectivity index (χ0) is 26.2. The van der Waals surface area contributed by atoms with Crippen molar-refractivity contribution < 1.29 is 17.6 Å². The number of anilines is 2. The van der Waals surface area contributed by atoms with E-state index in [1.165, 1.54) is 30.8 Å². The van der Waals surface area contributed by atoms with E-state index in [0.717, 1.165) is 62.7 Å². The molecule has 8 nitrogen and oxygen atoms in total. The van der Waals surface area contributed by atoms with Gasteiger partial charge in [0.25, 0.3) is 5.91 Å². The first-order valence-corrected chi connectivity index (χ1v) is 15.1. The van der Waals surface area contributed by atoms with Gasteiger partial charge in [0.2, 0.25) is 5.43 Å². The molecule has 0 spiro atoms. The van der Waals surface area contributed by atoms with Gasteiger partial charge >= 0.3 is 10.2 Å². The molecule has 2 aromatic heterocycles. The normalized spacial score (nSPS) is 17.2. The zero-order valence-electron chi connectivity index (χ0n) is 20.1.